The third-order valence-electron chi connectivity index (χ3n) is 4.48. The maximum Gasteiger partial charge on any atom is 0.230 e. The zero-order valence-electron chi connectivity index (χ0n) is 17.0. The Hall–Kier alpha value is -2.71. The van der Waals surface area contributed by atoms with Crippen molar-refractivity contribution >= 4 is 17.7 Å². The molecular formula is C21H25N5O2S. The number of nitrogens with zero attached hydrogens (tertiary/aromatic N) is 4. The molecule has 0 bridgehead atoms. The van der Waals surface area contributed by atoms with E-state index in [1.165, 1.54) is 22.9 Å². The van der Waals surface area contributed by atoms with Gasteiger partial charge >= 0.3 is 0 Å². The normalized spacial score (nSPS) is 12.0. The number of aromatic nitrogens is 4. The molecule has 1 aromatic carbocycles. The Balaban J connectivity index is 1.90. The predicted octanol–water partition coefficient (Wildman–Crippen LogP) is 3.19. The van der Waals surface area contributed by atoms with Crippen LogP contribution in [-0.4, -0.2) is 51.2 Å². The summed E-state index contributed by atoms with van der Waals surface area (Å²) in [5.74, 6) is 0.888. The second-order valence-corrected chi connectivity index (χ2v) is 7.80. The number of pyridine rings is 1. The van der Waals surface area contributed by atoms with Gasteiger partial charge in [-0.3, -0.25) is 14.3 Å². The lowest BCUT2D eigenvalue weighted by Crippen LogP contribution is -2.36. The van der Waals surface area contributed by atoms with Crippen molar-refractivity contribution in [3.63, 3.8) is 0 Å². The number of ether oxygens (including phenoxy) is 1. The third-order valence-corrected chi connectivity index (χ3v) is 5.41. The molecule has 152 valence electrons. The number of carbonyl (C=O) groups is 1. The lowest BCUT2D eigenvalue weighted by atomic mass is 10.1. The third kappa shape index (κ3) is 5.21. The van der Waals surface area contributed by atoms with Crippen LogP contribution < -0.4 is 5.32 Å². The van der Waals surface area contributed by atoms with Gasteiger partial charge in [0, 0.05) is 31.1 Å². The minimum Gasteiger partial charge on any atom is -0.383 e. The Kier molecular flexibility index (Phi) is 7.00. The lowest BCUT2D eigenvalue weighted by molar-refractivity contribution is -0.119. The predicted molar refractivity (Wildman–Crippen MR) is 114 cm³/mol. The van der Waals surface area contributed by atoms with Gasteiger partial charge in [0.25, 0.3) is 0 Å². The molecular weight excluding hydrogens is 386 g/mol. The van der Waals surface area contributed by atoms with Gasteiger partial charge in [-0.15, -0.1) is 10.2 Å². The number of hydrogen-bond acceptors (Lipinski definition) is 6. The van der Waals surface area contributed by atoms with Crippen LogP contribution in [0.4, 0.5) is 0 Å². The van der Waals surface area contributed by atoms with E-state index in [9.17, 15) is 4.79 Å². The Bertz CT molecular complexity index is 974. The largest absolute Gasteiger partial charge is 0.383 e. The molecule has 0 unspecified atom stereocenters. The van der Waals surface area contributed by atoms with Crippen molar-refractivity contribution in [1.29, 1.82) is 0 Å². The van der Waals surface area contributed by atoms with E-state index in [0.717, 1.165) is 11.3 Å². The van der Waals surface area contributed by atoms with Gasteiger partial charge in [-0.25, -0.2) is 0 Å². The summed E-state index contributed by atoms with van der Waals surface area (Å²) in [5, 5.41) is 12.3. The summed E-state index contributed by atoms with van der Waals surface area (Å²) < 4.78 is 7.05. The van der Waals surface area contributed by atoms with Gasteiger partial charge < -0.3 is 10.1 Å². The average molecular weight is 412 g/mol. The van der Waals surface area contributed by atoms with Gasteiger partial charge in [-0.2, -0.15) is 0 Å². The van der Waals surface area contributed by atoms with Crippen LogP contribution in [-0.2, 0) is 9.53 Å². The van der Waals surface area contributed by atoms with E-state index < -0.39 is 0 Å². The Morgan fingerprint density at radius 2 is 1.93 bits per heavy atom. The highest BCUT2D eigenvalue weighted by molar-refractivity contribution is 7.99. The summed E-state index contributed by atoms with van der Waals surface area (Å²) in [6, 6.07) is 9.98. The molecule has 0 saturated carbocycles. The summed E-state index contributed by atoms with van der Waals surface area (Å²) in [6.45, 7) is 6.54. The molecule has 3 rings (SSSR count). The number of amides is 1. The molecule has 0 radical (unpaired) electrons. The molecule has 29 heavy (non-hydrogen) atoms. The molecule has 7 nitrogen and oxygen atoms in total. The molecule has 1 N–H and O–H groups in total. The summed E-state index contributed by atoms with van der Waals surface area (Å²) in [6.07, 6.45) is 3.46. The van der Waals surface area contributed by atoms with Crippen LogP contribution in [0.5, 0.6) is 0 Å². The van der Waals surface area contributed by atoms with Crippen LogP contribution in [0.3, 0.4) is 0 Å². The van der Waals surface area contributed by atoms with Gasteiger partial charge in [0.2, 0.25) is 5.91 Å². The summed E-state index contributed by atoms with van der Waals surface area (Å²) in [7, 11) is 1.62. The number of benzene rings is 1. The van der Waals surface area contributed by atoms with Crippen LogP contribution in [0.25, 0.3) is 17.1 Å². The fraction of sp³-hybridized carbons (Fsp3) is 0.333. The van der Waals surface area contributed by atoms with Crippen molar-refractivity contribution in [3.8, 4) is 17.1 Å². The van der Waals surface area contributed by atoms with Crippen molar-refractivity contribution < 1.29 is 9.53 Å². The number of hydrogen-bond donors (Lipinski definition) is 1. The van der Waals surface area contributed by atoms with E-state index in [4.69, 9.17) is 4.74 Å². The molecule has 0 spiro atoms. The highest BCUT2D eigenvalue weighted by Crippen LogP contribution is 2.28. The monoisotopic (exact) mass is 411 g/mol. The zero-order chi connectivity index (χ0) is 20.8. The molecule has 0 saturated heterocycles. The smallest absolute Gasteiger partial charge is 0.230 e. The van der Waals surface area contributed by atoms with E-state index in [0.29, 0.717) is 17.6 Å². The van der Waals surface area contributed by atoms with Crippen molar-refractivity contribution in [2.75, 3.05) is 19.5 Å². The fourth-order valence-electron chi connectivity index (χ4n) is 2.89. The number of carbonyl (C=O) groups excluding carboxylic acids is 1. The van der Waals surface area contributed by atoms with Crippen LogP contribution in [0, 0.1) is 13.8 Å². The molecule has 1 amide bonds. The quantitative estimate of drug-likeness (QED) is 0.573. The van der Waals surface area contributed by atoms with Crippen LogP contribution >= 0.6 is 11.8 Å². The summed E-state index contributed by atoms with van der Waals surface area (Å²) in [4.78, 5) is 16.4. The molecule has 2 aromatic heterocycles. The maximum atomic E-state index is 12.3. The molecule has 8 heteroatoms. The van der Waals surface area contributed by atoms with Crippen molar-refractivity contribution in [2.45, 2.75) is 32.0 Å². The SMILES string of the molecule is COC[C@@H](C)NC(=O)CSc1nnc(-c2ccncc2)n1-c1ccc(C)c(C)c1. The van der Waals surface area contributed by atoms with Crippen LogP contribution in [0.1, 0.15) is 18.1 Å². The van der Waals surface area contributed by atoms with Crippen LogP contribution in [0.15, 0.2) is 47.9 Å². The Morgan fingerprint density at radius 3 is 2.62 bits per heavy atom. The number of aryl methyl sites for hydroxylation is 2. The minimum atomic E-state index is -0.0698. The number of thioether (sulfide) groups is 1. The molecule has 0 aliphatic carbocycles. The fourth-order valence-corrected chi connectivity index (χ4v) is 3.65. The first-order valence-electron chi connectivity index (χ1n) is 9.34. The van der Waals surface area contributed by atoms with E-state index in [2.05, 4.69) is 46.5 Å². The molecule has 1 atom stereocenters. The molecule has 0 fully saturated rings. The van der Waals surface area contributed by atoms with Gasteiger partial charge in [0.05, 0.1) is 18.0 Å². The number of nitrogens with one attached hydrogen (secondary N) is 1. The van der Waals surface area contributed by atoms with E-state index in [1.807, 2.05) is 29.7 Å². The van der Waals surface area contributed by atoms with Crippen molar-refractivity contribution in [2.24, 2.45) is 0 Å². The second kappa shape index (κ2) is 9.67. The maximum absolute atomic E-state index is 12.3. The standard InChI is InChI=1S/C21H25N5O2S/c1-14-5-6-18(11-15(14)2)26-20(17-7-9-22-10-8-17)24-25-21(26)29-13-19(27)23-16(3)12-28-4/h5-11,16H,12-13H2,1-4H3,(H,23,27)/t16-/m1/s1. The van der Waals surface area contributed by atoms with Gasteiger partial charge in [0.15, 0.2) is 11.0 Å². The highest BCUT2D eigenvalue weighted by atomic mass is 32.2. The van der Waals surface area contributed by atoms with E-state index >= 15 is 0 Å². The Morgan fingerprint density at radius 1 is 1.17 bits per heavy atom. The van der Waals surface area contributed by atoms with Gasteiger partial charge in [0.1, 0.15) is 0 Å². The molecule has 0 aliphatic heterocycles. The first-order chi connectivity index (χ1) is 14.0. The topological polar surface area (TPSA) is 81.9 Å². The highest BCUT2D eigenvalue weighted by Gasteiger charge is 2.18. The summed E-state index contributed by atoms with van der Waals surface area (Å²) >= 11 is 1.36. The molecule has 2 heterocycles. The van der Waals surface area contributed by atoms with E-state index in [1.54, 1.807) is 19.5 Å². The van der Waals surface area contributed by atoms with Crippen molar-refractivity contribution in [1.82, 2.24) is 25.1 Å². The first-order valence-corrected chi connectivity index (χ1v) is 10.3. The van der Waals surface area contributed by atoms with Crippen LogP contribution in [0.2, 0.25) is 0 Å². The number of methoxy groups -OCH3 is 1. The number of rotatable bonds is 8. The van der Waals surface area contributed by atoms with Crippen molar-refractivity contribution in [3.05, 3.63) is 53.9 Å². The minimum absolute atomic E-state index is 0.0434. The lowest BCUT2D eigenvalue weighted by Gasteiger charge is -2.14. The second-order valence-electron chi connectivity index (χ2n) is 6.86. The molecule has 0 aliphatic rings. The van der Waals surface area contributed by atoms with E-state index in [-0.39, 0.29) is 17.7 Å². The average Bonchev–Trinajstić information content (AvgIpc) is 3.13. The summed E-state index contributed by atoms with van der Waals surface area (Å²) in [5.41, 5.74) is 4.27. The zero-order valence-corrected chi connectivity index (χ0v) is 17.9. The van der Waals surface area contributed by atoms with Gasteiger partial charge in [-0.05, 0) is 56.2 Å². The van der Waals surface area contributed by atoms with Gasteiger partial charge in [-0.1, -0.05) is 17.8 Å². The molecule has 3 aromatic rings. The first kappa shape index (κ1) is 21.0. The Labute approximate surface area is 174 Å².